The van der Waals surface area contributed by atoms with E-state index in [1.54, 1.807) is 0 Å². The summed E-state index contributed by atoms with van der Waals surface area (Å²) < 4.78 is 16.8. The van der Waals surface area contributed by atoms with Crippen LogP contribution in [0.1, 0.15) is 57.4 Å². The van der Waals surface area contributed by atoms with Gasteiger partial charge in [0.15, 0.2) is 0 Å². The van der Waals surface area contributed by atoms with Gasteiger partial charge in [-0.25, -0.2) is 0 Å². The molecule has 1 unspecified atom stereocenters. The summed E-state index contributed by atoms with van der Waals surface area (Å²) in [6, 6.07) is 32.2. The van der Waals surface area contributed by atoms with Gasteiger partial charge in [0.05, 0.1) is 0 Å². The van der Waals surface area contributed by atoms with E-state index in [9.17, 15) is 4.55 Å². The van der Waals surface area contributed by atoms with Crippen LogP contribution in [0.15, 0.2) is 102 Å². The van der Waals surface area contributed by atoms with Crippen LogP contribution in [-0.4, -0.2) is 15.5 Å². The molecule has 0 amide bonds. The molecule has 0 saturated carbocycles. The van der Waals surface area contributed by atoms with Crippen LogP contribution >= 0.6 is 7.92 Å². The third kappa shape index (κ3) is 4.34. The standard InChI is InChI=1S/C31H34NOPS/c1-22-28(25-19-13-8-14-20-25)34-21-31(22,5)26(23-15-9-6-10-16-23)29(34)27(24-17-11-7-12-18-24)32-35(33)30(2,3)4/h6-20,27,32H,21H2,1-5H3/t27-,31-,34+,35?/m0/s1. The summed E-state index contributed by atoms with van der Waals surface area (Å²) in [5.74, 6) is 0. The van der Waals surface area contributed by atoms with Gasteiger partial charge in [0, 0.05) is 16.8 Å². The van der Waals surface area contributed by atoms with Crippen molar-refractivity contribution < 1.29 is 4.55 Å². The van der Waals surface area contributed by atoms with Gasteiger partial charge >= 0.3 is 0 Å². The third-order valence-corrected chi connectivity index (χ3v) is 12.0. The van der Waals surface area contributed by atoms with Crippen LogP contribution in [-0.2, 0) is 11.4 Å². The van der Waals surface area contributed by atoms with Gasteiger partial charge in [0.2, 0.25) is 0 Å². The normalized spacial score (nSPS) is 23.7. The second-order valence-electron chi connectivity index (χ2n) is 10.7. The summed E-state index contributed by atoms with van der Waals surface area (Å²) in [5.41, 5.74) is 6.66. The van der Waals surface area contributed by atoms with Gasteiger partial charge in [-0.05, 0) is 74.7 Å². The average Bonchev–Trinajstić information content (AvgIpc) is 3.30. The van der Waals surface area contributed by atoms with Crippen LogP contribution in [0.25, 0.3) is 10.9 Å². The van der Waals surface area contributed by atoms with Gasteiger partial charge < -0.3 is 4.55 Å². The maximum atomic E-state index is 13.5. The molecule has 35 heavy (non-hydrogen) atoms. The van der Waals surface area contributed by atoms with E-state index in [4.69, 9.17) is 0 Å². The molecule has 0 fully saturated rings. The third-order valence-electron chi connectivity index (χ3n) is 7.32. The van der Waals surface area contributed by atoms with E-state index in [2.05, 4.69) is 110 Å². The minimum atomic E-state index is -1.21. The van der Waals surface area contributed by atoms with Gasteiger partial charge in [-0.1, -0.05) is 103 Å². The minimum absolute atomic E-state index is 0.0362. The summed E-state index contributed by atoms with van der Waals surface area (Å²) in [6.45, 7) is 10.9. The highest BCUT2D eigenvalue weighted by Crippen LogP contribution is 2.79. The maximum absolute atomic E-state index is 13.5. The Balaban J connectivity index is 1.74. The summed E-state index contributed by atoms with van der Waals surface area (Å²) in [7, 11) is -0.590. The molecule has 0 aromatic heterocycles. The molecule has 3 aromatic carbocycles. The molecular formula is C31H34NOPS. The smallest absolute Gasteiger partial charge is 0.136 e. The van der Waals surface area contributed by atoms with Crippen molar-refractivity contribution in [3.8, 4) is 0 Å². The zero-order valence-corrected chi connectivity index (χ0v) is 22.9. The van der Waals surface area contributed by atoms with Gasteiger partial charge in [-0.3, -0.25) is 0 Å². The highest BCUT2D eigenvalue weighted by molar-refractivity contribution is 7.90. The topological polar surface area (TPSA) is 35.1 Å². The van der Waals surface area contributed by atoms with Crippen molar-refractivity contribution in [2.75, 3.05) is 6.16 Å². The Hall–Kier alpha value is -2.16. The second kappa shape index (κ2) is 9.37. The fourth-order valence-electron chi connectivity index (χ4n) is 5.42. The van der Waals surface area contributed by atoms with Crippen molar-refractivity contribution in [1.82, 2.24) is 4.72 Å². The first-order valence-electron chi connectivity index (χ1n) is 12.3. The van der Waals surface area contributed by atoms with E-state index >= 15 is 0 Å². The van der Waals surface area contributed by atoms with Gasteiger partial charge in [-0.2, -0.15) is 0 Å². The average molecular weight is 500 g/mol. The molecule has 4 atom stereocenters. The lowest BCUT2D eigenvalue weighted by atomic mass is 9.73. The molecule has 2 aliphatic heterocycles. The Morgan fingerprint density at radius 3 is 1.91 bits per heavy atom. The summed E-state index contributed by atoms with van der Waals surface area (Å²) in [5, 5.41) is 2.93. The molecule has 0 radical (unpaired) electrons. The van der Waals surface area contributed by atoms with E-state index < -0.39 is 19.3 Å². The van der Waals surface area contributed by atoms with E-state index in [-0.39, 0.29) is 16.2 Å². The van der Waals surface area contributed by atoms with Crippen LogP contribution < -0.4 is 4.72 Å². The molecule has 180 valence electrons. The molecule has 0 spiro atoms. The summed E-state index contributed by atoms with van der Waals surface area (Å²) in [6.07, 6.45) is 1.12. The van der Waals surface area contributed by atoms with Crippen molar-refractivity contribution in [3.63, 3.8) is 0 Å². The number of benzene rings is 3. The monoisotopic (exact) mass is 499 g/mol. The summed E-state index contributed by atoms with van der Waals surface area (Å²) >= 11 is -1.21. The van der Waals surface area contributed by atoms with Crippen molar-refractivity contribution in [1.29, 1.82) is 0 Å². The van der Waals surface area contributed by atoms with Crippen LogP contribution in [0.3, 0.4) is 0 Å². The molecule has 1 N–H and O–H groups in total. The van der Waals surface area contributed by atoms with Crippen molar-refractivity contribution >= 4 is 30.2 Å². The molecule has 4 heteroatoms. The van der Waals surface area contributed by atoms with Crippen LogP contribution in [0.2, 0.25) is 0 Å². The van der Waals surface area contributed by atoms with Gasteiger partial charge in [0.25, 0.3) is 0 Å². The number of hydrogen-bond acceptors (Lipinski definition) is 2. The van der Waals surface area contributed by atoms with Crippen molar-refractivity contribution in [3.05, 3.63) is 119 Å². The van der Waals surface area contributed by atoms with E-state index in [0.29, 0.717) is 0 Å². The molecular weight excluding hydrogens is 465 g/mol. The largest absolute Gasteiger partial charge is 0.598 e. The first kappa shape index (κ1) is 24.5. The predicted molar refractivity (Wildman–Crippen MR) is 153 cm³/mol. The lowest BCUT2D eigenvalue weighted by molar-refractivity contribution is 0.536. The number of nitrogens with one attached hydrogen (secondary N) is 1. The molecule has 3 aromatic rings. The SMILES string of the molecule is CC1=C(c2ccccc2)[P@@]2C[C@]1(C)C(c1ccccc1)=C2[C@@H](N[S+]([O-])C(C)(C)C)c1ccccc1. The number of fused-ring (bicyclic) bond motifs is 2. The molecule has 2 nitrogen and oxygen atoms in total. The quantitative estimate of drug-likeness (QED) is 0.274. The Bertz CT molecular complexity index is 1260. The Kier molecular flexibility index (Phi) is 6.57. The van der Waals surface area contributed by atoms with Gasteiger partial charge in [0.1, 0.15) is 10.8 Å². The highest BCUT2D eigenvalue weighted by atomic mass is 32.2. The van der Waals surface area contributed by atoms with Gasteiger partial charge in [-0.15, -0.1) is 4.72 Å². The Morgan fingerprint density at radius 2 is 1.37 bits per heavy atom. The van der Waals surface area contributed by atoms with E-state index in [1.807, 2.05) is 20.8 Å². The lowest BCUT2D eigenvalue weighted by Gasteiger charge is -2.35. The minimum Gasteiger partial charge on any atom is -0.598 e. The van der Waals surface area contributed by atoms with Crippen LogP contribution in [0, 0.1) is 5.41 Å². The fraction of sp³-hybridized carbons (Fsp3) is 0.290. The van der Waals surface area contributed by atoms with Crippen molar-refractivity contribution in [2.45, 2.75) is 45.4 Å². The lowest BCUT2D eigenvalue weighted by Crippen LogP contribution is -2.41. The number of hydrogen-bond donors (Lipinski definition) is 1. The second-order valence-corrected chi connectivity index (χ2v) is 14.8. The maximum Gasteiger partial charge on any atom is 0.136 e. The zero-order valence-electron chi connectivity index (χ0n) is 21.2. The first-order valence-corrected chi connectivity index (χ1v) is 15.0. The van der Waals surface area contributed by atoms with Crippen LogP contribution in [0.4, 0.5) is 0 Å². The molecule has 2 bridgehead atoms. The number of allylic oxidation sites excluding steroid dienone is 2. The number of rotatable bonds is 6. The first-order chi connectivity index (χ1) is 16.7. The molecule has 5 rings (SSSR count). The molecule has 0 saturated heterocycles. The highest BCUT2D eigenvalue weighted by Gasteiger charge is 2.54. The fourth-order valence-corrected chi connectivity index (χ4v) is 10.2. The zero-order chi connectivity index (χ0) is 24.8. The van der Waals surface area contributed by atoms with Crippen LogP contribution in [0.5, 0.6) is 0 Å². The Labute approximate surface area is 214 Å². The Morgan fingerprint density at radius 1 is 0.857 bits per heavy atom. The molecule has 0 aliphatic carbocycles. The molecule has 2 heterocycles. The predicted octanol–water partition coefficient (Wildman–Crippen LogP) is 8.14. The van der Waals surface area contributed by atoms with E-state index in [0.717, 1.165) is 6.16 Å². The summed E-state index contributed by atoms with van der Waals surface area (Å²) in [4.78, 5) is 0. The van der Waals surface area contributed by atoms with E-state index in [1.165, 1.54) is 38.5 Å². The molecule has 2 aliphatic rings. The van der Waals surface area contributed by atoms with Crippen molar-refractivity contribution in [2.24, 2.45) is 5.41 Å².